The maximum atomic E-state index is 5.51. The molecule has 13 heavy (non-hydrogen) atoms. The van der Waals surface area contributed by atoms with Crippen LogP contribution in [0, 0.1) is 0 Å². The molecule has 1 rings (SSSR count). The first-order chi connectivity index (χ1) is 6.36. The van der Waals surface area contributed by atoms with E-state index in [1.165, 1.54) is 5.56 Å². The highest BCUT2D eigenvalue weighted by Gasteiger charge is 2.03. The number of rotatable bonds is 6. The van der Waals surface area contributed by atoms with E-state index < -0.39 is 0 Å². The fraction of sp³-hybridized carbons (Fsp3) is 0.556. The molecule has 4 heteroatoms. The molecule has 0 aliphatic carbocycles. The maximum Gasteiger partial charge on any atom is 0.0243 e. The zero-order chi connectivity index (χ0) is 9.52. The van der Waals surface area contributed by atoms with Gasteiger partial charge in [0.2, 0.25) is 0 Å². The van der Waals surface area contributed by atoms with E-state index in [4.69, 9.17) is 11.5 Å². The average Bonchev–Trinajstić information content (AvgIpc) is 2.58. The lowest BCUT2D eigenvalue weighted by Gasteiger charge is -2.19. The summed E-state index contributed by atoms with van der Waals surface area (Å²) in [7, 11) is 0. The molecule has 0 amide bonds. The molecule has 0 aromatic carbocycles. The van der Waals surface area contributed by atoms with Crippen molar-refractivity contribution < 1.29 is 0 Å². The number of hydrogen-bond acceptors (Lipinski definition) is 4. The Morgan fingerprint density at radius 3 is 2.38 bits per heavy atom. The van der Waals surface area contributed by atoms with Crippen molar-refractivity contribution in [3.8, 4) is 0 Å². The highest BCUT2D eigenvalue weighted by molar-refractivity contribution is 7.07. The van der Waals surface area contributed by atoms with E-state index in [2.05, 4.69) is 21.7 Å². The van der Waals surface area contributed by atoms with Gasteiger partial charge in [-0.1, -0.05) is 0 Å². The van der Waals surface area contributed by atoms with Gasteiger partial charge in [0.15, 0.2) is 0 Å². The van der Waals surface area contributed by atoms with Crippen molar-refractivity contribution in [2.24, 2.45) is 11.5 Å². The van der Waals surface area contributed by atoms with Gasteiger partial charge in [0, 0.05) is 32.7 Å². The summed E-state index contributed by atoms with van der Waals surface area (Å²) in [6.07, 6.45) is 0. The quantitative estimate of drug-likeness (QED) is 0.700. The summed E-state index contributed by atoms with van der Waals surface area (Å²) < 4.78 is 0. The molecule has 0 aliphatic rings. The Labute approximate surface area is 83.3 Å². The van der Waals surface area contributed by atoms with Gasteiger partial charge in [0.1, 0.15) is 0 Å². The Balaban J connectivity index is 2.37. The van der Waals surface area contributed by atoms with Crippen molar-refractivity contribution in [3.05, 3.63) is 22.4 Å². The van der Waals surface area contributed by atoms with Crippen molar-refractivity contribution in [1.29, 1.82) is 0 Å². The van der Waals surface area contributed by atoms with E-state index in [-0.39, 0.29) is 0 Å². The first-order valence-electron chi connectivity index (χ1n) is 4.50. The Kier molecular flexibility index (Phi) is 5.00. The molecule has 0 aliphatic heterocycles. The summed E-state index contributed by atoms with van der Waals surface area (Å²) in [6.45, 7) is 4.21. The number of thiophene rings is 1. The van der Waals surface area contributed by atoms with E-state index in [1.54, 1.807) is 11.3 Å². The summed E-state index contributed by atoms with van der Waals surface area (Å²) in [6, 6.07) is 2.14. The topological polar surface area (TPSA) is 55.3 Å². The molecule has 0 fully saturated rings. The number of hydrogen-bond donors (Lipinski definition) is 2. The van der Waals surface area contributed by atoms with Gasteiger partial charge in [0.05, 0.1) is 0 Å². The summed E-state index contributed by atoms with van der Waals surface area (Å²) in [5, 5.41) is 4.26. The Hall–Kier alpha value is -0.420. The largest absolute Gasteiger partial charge is 0.329 e. The Morgan fingerprint density at radius 2 is 1.92 bits per heavy atom. The second kappa shape index (κ2) is 6.10. The molecule has 0 unspecified atom stereocenters. The third kappa shape index (κ3) is 3.87. The van der Waals surface area contributed by atoms with E-state index in [9.17, 15) is 0 Å². The van der Waals surface area contributed by atoms with E-state index in [0.717, 1.165) is 19.6 Å². The molecular weight excluding hydrogens is 182 g/mol. The van der Waals surface area contributed by atoms with Crippen molar-refractivity contribution in [3.63, 3.8) is 0 Å². The lowest BCUT2D eigenvalue weighted by atomic mass is 10.3. The Bertz CT molecular complexity index is 205. The van der Waals surface area contributed by atoms with Crippen LogP contribution >= 0.6 is 11.3 Å². The molecule has 74 valence electrons. The maximum absolute atomic E-state index is 5.51. The van der Waals surface area contributed by atoms with Gasteiger partial charge in [0.25, 0.3) is 0 Å². The fourth-order valence-corrected chi connectivity index (χ4v) is 1.94. The van der Waals surface area contributed by atoms with Crippen molar-refractivity contribution in [2.75, 3.05) is 26.2 Å². The minimum atomic E-state index is 0.699. The smallest absolute Gasteiger partial charge is 0.0243 e. The monoisotopic (exact) mass is 199 g/mol. The molecule has 3 nitrogen and oxygen atoms in total. The van der Waals surface area contributed by atoms with Gasteiger partial charge in [-0.3, -0.25) is 4.90 Å². The van der Waals surface area contributed by atoms with Gasteiger partial charge >= 0.3 is 0 Å². The molecule has 1 aromatic heterocycles. The van der Waals surface area contributed by atoms with Gasteiger partial charge < -0.3 is 11.5 Å². The molecule has 1 heterocycles. The fourth-order valence-electron chi connectivity index (χ4n) is 1.28. The van der Waals surface area contributed by atoms with Gasteiger partial charge in [-0.25, -0.2) is 0 Å². The first kappa shape index (κ1) is 10.7. The minimum absolute atomic E-state index is 0.699. The molecule has 0 bridgehead atoms. The van der Waals surface area contributed by atoms with Crippen LogP contribution in [0.5, 0.6) is 0 Å². The van der Waals surface area contributed by atoms with Crippen LogP contribution in [-0.4, -0.2) is 31.1 Å². The van der Waals surface area contributed by atoms with Crippen LogP contribution in [0.15, 0.2) is 16.8 Å². The molecule has 0 atom stereocenters. The van der Waals surface area contributed by atoms with Crippen LogP contribution in [0.25, 0.3) is 0 Å². The SMILES string of the molecule is NCCN(CCN)Cc1ccsc1. The zero-order valence-electron chi connectivity index (χ0n) is 7.78. The number of nitrogens with two attached hydrogens (primary N) is 2. The molecule has 0 saturated heterocycles. The standard InChI is InChI=1S/C9H17N3S/c10-2-4-12(5-3-11)7-9-1-6-13-8-9/h1,6,8H,2-5,7,10-11H2. The van der Waals surface area contributed by atoms with E-state index in [0.29, 0.717) is 13.1 Å². The van der Waals surface area contributed by atoms with Crippen molar-refractivity contribution >= 4 is 11.3 Å². The van der Waals surface area contributed by atoms with E-state index >= 15 is 0 Å². The lowest BCUT2D eigenvalue weighted by molar-refractivity contribution is 0.281. The van der Waals surface area contributed by atoms with Crippen LogP contribution < -0.4 is 11.5 Å². The Morgan fingerprint density at radius 1 is 1.23 bits per heavy atom. The van der Waals surface area contributed by atoms with E-state index in [1.807, 2.05) is 0 Å². The highest BCUT2D eigenvalue weighted by Crippen LogP contribution is 2.08. The molecular formula is C9H17N3S. The summed E-state index contributed by atoms with van der Waals surface area (Å²) in [5.41, 5.74) is 12.4. The second-order valence-electron chi connectivity index (χ2n) is 2.99. The predicted molar refractivity (Wildman–Crippen MR) is 57.7 cm³/mol. The molecule has 0 radical (unpaired) electrons. The lowest BCUT2D eigenvalue weighted by Crippen LogP contribution is -2.33. The molecule has 0 spiro atoms. The normalized spacial score (nSPS) is 11.0. The molecule has 4 N–H and O–H groups in total. The average molecular weight is 199 g/mol. The minimum Gasteiger partial charge on any atom is -0.329 e. The number of nitrogens with zero attached hydrogens (tertiary/aromatic N) is 1. The van der Waals surface area contributed by atoms with Crippen molar-refractivity contribution in [2.45, 2.75) is 6.54 Å². The van der Waals surface area contributed by atoms with Crippen LogP contribution in [0.1, 0.15) is 5.56 Å². The van der Waals surface area contributed by atoms with Gasteiger partial charge in [-0.05, 0) is 22.4 Å². The van der Waals surface area contributed by atoms with Crippen LogP contribution in [0.4, 0.5) is 0 Å². The van der Waals surface area contributed by atoms with Crippen LogP contribution in [0.3, 0.4) is 0 Å². The predicted octanol–water partition coefficient (Wildman–Crippen LogP) is 0.467. The van der Waals surface area contributed by atoms with Crippen LogP contribution in [0.2, 0.25) is 0 Å². The summed E-state index contributed by atoms with van der Waals surface area (Å²) in [5.74, 6) is 0. The summed E-state index contributed by atoms with van der Waals surface area (Å²) in [4.78, 5) is 2.28. The summed E-state index contributed by atoms with van der Waals surface area (Å²) >= 11 is 1.73. The zero-order valence-corrected chi connectivity index (χ0v) is 8.59. The molecule has 0 saturated carbocycles. The molecule has 1 aromatic rings. The second-order valence-corrected chi connectivity index (χ2v) is 3.77. The highest BCUT2D eigenvalue weighted by atomic mass is 32.1. The third-order valence-corrected chi connectivity index (χ3v) is 2.61. The van der Waals surface area contributed by atoms with Crippen molar-refractivity contribution in [1.82, 2.24) is 4.90 Å². The third-order valence-electron chi connectivity index (χ3n) is 1.88. The van der Waals surface area contributed by atoms with Gasteiger partial charge in [-0.2, -0.15) is 11.3 Å². The van der Waals surface area contributed by atoms with Crippen LogP contribution in [-0.2, 0) is 6.54 Å². The van der Waals surface area contributed by atoms with Gasteiger partial charge in [-0.15, -0.1) is 0 Å². The first-order valence-corrected chi connectivity index (χ1v) is 5.44.